The summed E-state index contributed by atoms with van der Waals surface area (Å²) in [5.74, 6) is -0.339. The molecule has 0 atom stereocenters. The highest BCUT2D eigenvalue weighted by atomic mass is 16.5. The maximum atomic E-state index is 12.3. The zero-order valence-electron chi connectivity index (χ0n) is 20.0. The fourth-order valence-electron chi connectivity index (χ4n) is 3.83. The number of Topliss-reactive ketones (excluding diaryl/α,β-unsaturated/α-hetero) is 1. The van der Waals surface area contributed by atoms with Gasteiger partial charge in [-0.1, -0.05) is 18.2 Å². The molecule has 0 aromatic heterocycles. The van der Waals surface area contributed by atoms with Crippen LogP contribution in [-0.2, 0) is 16.0 Å². The van der Waals surface area contributed by atoms with Crippen molar-refractivity contribution < 1.29 is 34.0 Å². The zero-order chi connectivity index (χ0) is 23.8. The first-order valence-electron chi connectivity index (χ1n) is 11.6. The number of carbonyl (C=O) groups is 2. The molecule has 2 aromatic carbocycles. The lowest BCUT2D eigenvalue weighted by molar-refractivity contribution is -0.148. The second kappa shape index (κ2) is 7.43. The number of methoxy groups -OCH3 is 3. The SMILES string of the molecule is [2H]C([2H])Oc1ccc(-c2cccc3c2CCC3=O)c(OCC2(C(=O)OC)CC2)c1OC([2H])[2H]. The highest BCUT2D eigenvalue weighted by Crippen LogP contribution is 2.50. The second-order valence-electron chi connectivity index (χ2n) is 7.32. The maximum Gasteiger partial charge on any atom is 0.315 e. The lowest BCUT2D eigenvalue weighted by Gasteiger charge is -2.21. The van der Waals surface area contributed by atoms with E-state index in [0.717, 1.165) is 11.1 Å². The molecule has 2 aliphatic carbocycles. The van der Waals surface area contributed by atoms with Gasteiger partial charge in [0.1, 0.15) is 12.0 Å². The van der Waals surface area contributed by atoms with Gasteiger partial charge in [0.25, 0.3) is 0 Å². The summed E-state index contributed by atoms with van der Waals surface area (Å²) in [6, 6.07) is 8.53. The standard InChI is InChI=1S/C23H24O6/c1-26-19-10-8-17(14-5-4-6-16-15(14)7-9-18(16)24)20(21(19)27-2)29-13-23(11-12-23)22(25)28-3/h4-6,8,10H,7,9,11-13H2,1-3H3/i1D2,2D2. The first kappa shape index (κ1) is 14.9. The molecule has 1 fully saturated rings. The second-order valence-corrected chi connectivity index (χ2v) is 7.32. The lowest BCUT2D eigenvalue weighted by atomic mass is 9.95. The van der Waals surface area contributed by atoms with Crippen LogP contribution in [-0.4, -0.2) is 39.6 Å². The van der Waals surface area contributed by atoms with Crippen molar-refractivity contribution in [2.45, 2.75) is 25.7 Å². The average Bonchev–Trinajstić information content (AvgIpc) is 3.48. The molecule has 2 aromatic rings. The minimum atomic E-state index is -1.74. The number of esters is 1. The smallest absolute Gasteiger partial charge is 0.315 e. The summed E-state index contributed by atoms with van der Waals surface area (Å²) in [7, 11) is -2.10. The van der Waals surface area contributed by atoms with Gasteiger partial charge in [-0.15, -0.1) is 0 Å². The Kier molecular flexibility index (Phi) is 3.82. The minimum Gasteiger partial charge on any atom is -0.493 e. The van der Waals surface area contributed by atoms with Gasteiger partial charge < -0.3 is 18.9 Å². The van der Waals surface area contributed by atoms with Crippen LogP contribution >= 0.6 is 0 Å². The van der Waals surface area contributed by atoms with E-state index in [9.17, 15) is 9.59 Å². The maximum absolute atomic E-state index is 12.3. The number of ketones is 1. The molecule has 0 unspecified atom stereocenters. The van der Waals surface area contributed by atoms with Crippen LogP contribution < -0.4 is 14.2 Å². The van der Waals surface area contributed by atoms with E-state index in [2.05, 4.69) is 0 Å². The molecule has 6 heteroatoms. The molecule has 0 saturated heterocycles. The molecule has 0 bridgehead atoms. The molecule has 4 rings (SSSR count). The first-order chi connectivity index (χ1) is 15.8. The van der Waals surface area contributed by atoms with Crippen molar-refractivity contribution in [2.75, 3.05) is 27.8 Å². The number of fused-ring (bicyclic) bond motifs is 1. The van der Waals surface area contributed by atoms with Crippen molar-refractivity contribution in [3.63, 3.8) is 0 Å². The highest BCUT2D eigenvalue weighted by Gasteiger charge is 2.52. The number of hydrogen-bond acceptors (Lipinski definition) is 6. The van der Waals surface area contributed by atoms with Crippen LogP contribution in [0.3, 0.4) is 0 Å². The Bertz CT molecular complexity index is 1080. The number of ether oxygens (including phenoxy) is 4. The third-order valence-corrected chi connectivity index (χ3v) is 5.65. The van der Waals surface area contributed by atoms with E-state index < -0.39 is 19.5 Å². The normalized spacial score (nSPS) is 18.4. The van der Waals surface area contributed by atoms with Crippen molar-refractivity contribution >= 4 is 11.8 Å². The number of carbonyl (C=O) groups excluding carboxylic acids is 2. The van der Waals surface area contributed by atoms with Gasteiger partial charge in [-0.2, -0.15) is 0 Å². The highest BCUT2D eigenvalue weighted by molar-refractivity contribution is 6.02. The Labute approximate surface area is 175 Å². The topological polar surface area (TPSA) is 71.1 Å². The molecule has 2 aliphatic rings. The van der Waals surface area contributed by atoms with Gasteiger partial charge >= 0.3 is 5.97 Å². The summed E-state index contributed by atoms with van der Waals surface area (Å²) in [6.07, 6.45) is 2.15. The van der Waals surface area contributed by atoms with Crippen molar-refractivity contribution in [2.24, 2.45) is 5.41 Å². The summed E-state index contributed by atoms with van der Waals surface area (Å²) < 4.78 is 51.7. The van der Waals surface area contributed by atoms with Crippen molar-refractivity contribution in [3.05, 3.63) is 41.5 Å². The number of rotatable bonds is 7. The lowest BCUT2D eigenvalue weighted by Crippen LogP contribution is -2.25. The molecule has 0 spiro atoms. The van der Waals surface area contributed by atoms with Gasteiger partial charge in [0.05, 0.1) is 26.7 Å². The first-order valence-corrected chi connectivity index (χ1v) is 9.32. The Hall–Kier alpha value is -3.02. The molecule has 152 valence electrons. The van der Waals surface area contributed by atoms with E-state index in [1.165, 1.54) is 13.2 Å². The van der Waals surface area contributed by atoms with Crippen molar-refractivity contribution in [3.8, 4) is 28.4 Å². The number of benzene rings is 2. The number of hydrogen-bond donors (Lipinski definition) is 0. The van der Waals surface area contributed by atoms with Crippen LogP contribution in [0.25, 0.3) is 11.1 Å². The van der Waals surface area contributed by atoms with Crippen LogP contribution in [0.5, 0.6) is 17.2 Å². The van der Waals surface area contributed by atoms with Crippen LogP contribution in [0.1, 0.15) is 40.7 Å². The van der Waals surface area contributed by atoms with Gasteiger partial charge in [-0.25, -0.2) is 0 Å². The van der Waals surface area contributed by atoms with Gasteiger partial charge in [-0.05, 0) is 42.5 Å². The summed E-state index contributed by atoms with van der Waals surface area (Å²) >= 11 is 0. The average molecular weight is 400 g/mol. The van der Waals surface area contributed by atoms with E-state index in [0.29, 0.717) is 36.8 Å². The predicted molar refractivity (Wildman–Crippen MR) is 107 cm³/mol. The fraction of sp³-hybridized carbons (Fsp3) is 0.391. The van der Waals surface area contributed by atoms with Gasteiger partial charge in [0, 0.05) is 17.5 Å². The van der Waals surface area contributed by atoms with Gasteiger partial charge in [-0.3, -0.25) is 9.59 Å². The molecule has 0 aliphatic heterocycles. The molecule has 0 heterocycles. The molecule has 0 N–H and O–H groups in total. The van der Waals surface area contributed by atoms with Crippen LogP contribution in [0.4, 0.5) is 0 Å². The molecular formula is C23H24O6. The Morgan fingerprint density at radius 1 is 1.03 bits per heavy atom. The molecule has 6 nitrogen and oxygen atoms in total. The fourth-order valence-corrected chi connectivity index (χ4v) is 3.83. The van der Waals surface area contributed by atoms with Gasteiger partial charge in [0.15, 0.2) is 17.3 Å². The third kappa shape index (κ3) is 3.22. The Morgan fingerprint density at radius 2 is 1.83 bits per heavy atom. The van der Waals surface area contributed by atoms with Crippen LogP contribution in [0.2, 0.25) is 0 Å². The van der Waals surface area contributed by atoms with E-state index in [1.807, 2.05) is 6.07 Å². The summed E-state index contributed by atoms with van der Waals surface area (Å²) in [6.45, 7) is -0.0215. The molecule has 1 saturated carbocycles. The van der Waals surface area contributed by atoms with E-state index in [1.54, 1.807) is 18.2 Å². The van der Waals surface area contributed by atoms with Crippen LogP contribution in [0.15, 0.2) is 30.3 Å². The van der Waals surface area contributed by atoms with E-state index >= 15 is 0 Å². The zero-order valence-corrected chi connectivity index (χ0v) is 16.0. The predicted octanol–water partition coefficient (Wildman–Crippen LogP) is 3.83. The van der Waals surface area contributed by atoms with Crippen molar-refractivity contribution in [1.82, 2.24) is 0 Å². The largest absolute Gasteiger partial charge is 0.493 e. The third-order valence-electron chi connectivity index (χ3n) is 5.65. The Morgan fingerprint density at radius 3 is 2.55 bits per heavy atom. The summed E-state index contributed by atoms with van der Waals surface area (Å²) in [5, 5.41) is 0. The van der Waals surface area contributed by atoms with Crippen molar-refractivity contribution in [1.29, 1.82) is 0 Å². The molecule has 0 amide bonds. The summed E-state index contributed by atoms with van der Waals surface area (Å²) in [5.41, 5.74) is 1.96. The minimum absolute atomic E-state index is 0.0215. The Balaban J connectivity index is 1.84. The molecule has 0 radical (unpaired) electrons. The van der Waals surface area contributed by atoms with E-state index in [4.69, 9.17) is 24.4 Å². The quantitative estimate of drug-likeness (QED) is 0.658. The summed E-state index contributed by atoms with van der Waals surface area (Å²) in [4.78, 5) is 24.5. The monoisotopic (exact) mass is 400 g/mol. The molecule has 29 heavy (non-hydrogen) atoms. The molecular weight excluding hydrogens is 372 g/mol. The van der Waals surface area contributed by atoms with Crippen LogP contribution in [0, 0.1) is 5.41 Å². The van der Waals surface area contributed by atoms with Gasteiger partial charge in [0.2, 0.25) is 5.75 Å². The van der Waals surface area contributed by atoms with E-state index in [-0.39, 0.29) is 35.6 Å².